The molecule has 9 heteroatoms. The summed E-state index contributed by atoms with van der Waals surface area (Å²) in [6.45, 7) is 1.58. The highest BCUT2D eigenvalue weighted by atomic mass is 35.5. The van der Waals surface area contributed by atoms with E-state index in [2.05, 4.69) is 15.0 Å². The molecule has 1 aliphatic rings. The summed E-state index contributed by atoms with van der Waals surface area (Å²) >= 11 is 0. The van der Waals surface area contributed by atoms with Crippen molar-refractivity contribution in [3.8, 4) is 0 Å². The van der Waals surface area contributed by atoms with Gasteiger partial charge in [0, 0.05) is 23.0 Å². The number of rotatable bonds is 4. The molecular formula is C16H20ClN3O4S. The Bertz CT molecular complexity index is 867. The smallest absolute Gasteiger partial charge is 0.357 e. The fourth-order valence-corrected chi connectivity index (χ4v) is 4.42. The van der Waals surface area contributed by atoms with Crippen LogP contribution >= 0.6 is 12.4 Å². The number of piperidine rings is 1. The number of benzene rings is 1. The van der Waals surface area contributed by atoms with Crippen LogP contribution in [0.1, 0.15) is 23.3 Å². The van der Waals surface area contributed by atoms with Gasteiger partial charge in [-0.3, -0.25) is 0 Å². The molecule has 2 aromatic rings. The van der Waals surface area contributed by atoms with Crippen molar-refractivity contribution in [1.82, 2.24) is 15.0 Å². The Morgan fingerprint density at radius 2 is 1.96 bits per heavy atom. The number of hydrogen-bond acceptors (Lipinski definition) is 6. The van der Waals surface area contributed by atoms with E-state index in [1.54, 1.807) is 18.2 Å². The number of aromatic nitrogens is 1. The predicted octanol–water partition coefficient (Wildman–Crippen LogP) is 1.47. The van der Waals surface area contributed by atoms with Crippen LogP contribution in [0.4, 0.5) is 0 Å². The number of hydrogen-bond donors (Lipinski definition) is 2. The third-order valence-electron chi connectivity index (χ3n) is 4.10. The molecule has 1 saturated heterocycles. The minimum atomic E-state index is -3.69. The van der Waals surface area contributed by atoms with Crippen molar-refractivity contribution in [3.63, 3.8) is 0 Å². The Kier molecular flexibility index (Phi) is 6.34. The molecule has 1 aromatic heterocycles. The van der Waals surface area contributed by atoms with E-state index < -0.39 is 16.0 Å². The molecule has 0 unspecified atom stereocenters. The third-order valence-corrected chi connectivity index (χ3v) is 5.67. The molecule has 3 rings (SSSR count). The SMILES string of the molecule is COC(=O)c1nccc2c(S(=O)(=O)NC3CCNCC3)cccc12.Cl. The summed E-state index contributed by atoms with van der Waals surface area (Å²) in [6, 6.07) is 6.31. The molecule has 0 atom stereocenters. The van der Waals surface area contributed by atoms with Crippen LogP contribution in [0, 0.1) is 0 Å². The molecule has 1 fully saturated rings. The lowest BCUT2D eigenvalue weighted by Gasteiger charge is -2.23. The summed E-state index contributed by atoms with van der Waals surface area (Å²) in [7, 11) is -2.43. The number of sulfonamides is 1. The first kappa shape index (κ1) is 19.6. The Hall–Kier alpha value is -1.74. The van der Waals surface area contributed by atoms with Crippen molar-refractivity contribution in [3.05, 3.63) is 36.2 Å². The minimum Gasteiger partial charge on any atom is -0.464 e. The van der Waals surface area contributed by atoms with Gasteiger partial charge in [0.1, 0.15) is 0 Å². The maximum Gasteiger partial charge on any atom is 0.357 e. The van der Waals surface area contributed by atoms with Crippen LogP contribution in [-0.2, 0) is 14.8 Å². The lowest BCUT2D eigenvalue weighted by atomic mass is 10.1. The molecule has 0 bridgehead atoms. The molecule has 0 aliphatic carbocycles. The molecule has 0 spiro atoms. The van der Waals surface area contributed by atoms with E-state index >= 15 is 0 Å². The number of nitrogens with one attached hydrogen (secondary N) is 2. The van der Waals surface area contributed by atoms with E-state index in [9.17, 15) is 13.2 Å². The number of pyridine rings is 1. The molecule has 0 amide bonds. The molecule has 0 saturated carbocycles. The summed E-state index contributed by atoms with van der Waals surface area (Å²) in [5.74, 6) is -0.596. The summed E-state index contributed by atoms with van der Waals surface area (Å²) in [6.07, 6.45) is 2.91. The maximum absolute atomic E-state index is 12.8. The van der Waals surface area contributed by atoms with Gasteiger partial charge in [-0.25, -0.2) is 22.9 Å². The van der Waals surface area contributed by atoms with Crippen molar-refractivity contribution in [2.45, 2.75) is 23.8 Å². The lowest BCUT2D eigenvalue weighted by Crippen LogP contribution is -2.42. The topological polar surface area (TPSA) is 97.4 Å². The average Bonchev–Trinajstić information content (AvgIpc) is 2.60. The number of nitrogens with zero attached hydrogens (tertiary/aromatic N) is 1. The molecule has 0 radical (unpaired) electrons. The molecule has 7 nitrogen and oxygen atoms in total. The van der Waals surface area contributed by atoms with Crippen LogP contribution in [0.2, 0.25) is 0 Å². The van der Waals surface area contributed by atoms with Gasteiger partial charge in [-0.1, -0.05) is 12.1 Å². The van der Waals surface area contributed by atoms with Gasteiger partial charge in [0.15, 0.2) is 5.69 Å². The zero-order valence-electron chi connectivity index (χ0n) is 13.7. The van der Waals surface area contributed by atoms with Crippen LogP contribution in [0.15, 0.2) is 35.4 Å². The number of methoxy groups -OCH3 is 1. The Labute approximate surface area is 152 Å². The molecule has 136 valence electrons. The van der Waals surface area contributed by atoms with Crippen molar-refractivity contribution in [2.75, 3.05) is 20.2 Å². The highest BCUT2D eigenvalue weighted by Gasteiger charge is 2.24. The summed E-state index contributed by atoms with van der Waals surface area (Å²) in [5.41, 5.74) is 0.105. The Balaban J connectivity index is 0.00000225. The zero-order chi connectivity index (χ0) is 17.2. The Morgan fingerprint density at radius 1 is 1.24 bits per heavy atom. The van der Waals surface area contributed by atoms with Crippen LogP contribution in [0.5, 0.6) is 0 Å². The average molecular weight is 386 g/mol. The number of carbonyl (C=O) groups excluding carboxylic acids is 1. The molecule has 2 heterocycles. The molecule has 2 N–H and O–H groups in total. The fourth-order valence-electron chi connectivity index (χ4n) is 2.89. The van der Waals surface area contributed by atoms with Crippen LogP contribution in [-0.4, -0.2) is 45.6 Å². The van der Waals surface area contributed by atoms with Crippen LogP contribution in [0.25, 0.3) is 10.8 Å². The van der Waals surface area contributed by atoms with Crippen molar-refractivity contribution < 1.29 is 17.9 Å². The number of halogens is 1. The fraction of sp³-hybridized carbons (Fsp3) is 0.375. The van der Waals surface area contributed by atoms with Gasteiger partial charge in [0.25, 0.3) is 0 Å². The second-order valence-electron chi connectivity index (χ2n) is 5.65. The quantitative estimate of drug-likeness (QED) is 0.773. The van der Waals surface area contributed by atoms with E-state index in [0.717, 1.165) is 25.9 Å². The summed E-state index contributed by atoms with van der Waals surface area (Å²) in [4.78, 5) is 16.0. The second-order valence-corrected chi connectivity index (χ2v) is 7.33. The van der Waals surface area contributed by atoms with Gasteiger partial charge in [0.05, 0.1) is 12.0 Å². The van der Waals surface area contributed by atoms with Gasteiger partial charge in [0.2, 0.25) is 10.0 Å². The second kappa shape index (κ2) is 8.09. The highest BCUT2D eigenvalue weighted by Crippen LogP contribution is 2.25. The van der Waals surface area contributed by atoms with Crippen LogP contribution in [0.3, 0.4) is 0 Å². The first-order valence-electron chi connectivity index (χ1n) is 7.72. The van der Waals surface area contributed by atoms with E-state index in [1.165, 1.54) is 19.4 Å². The molecular weight excluding hydrogens is 366 g/mol. The van der Waals surface area contributed by atoms with E-state index in [-0.39, 0.29) is 29.0 Å². The van der Waals surface area contributed by atoms with Gasteiger partial charge < -0.3 is 10.1 Å². The molecule has 25 heavy (non-hydrogen) atoms. The van der Waals surface area contributed by atoms with Crippen molar-refractivity contribution in [2.24, 2.45) is 0 Å². The van der Waals surface area contributed by atoms with Gasteiger partial charge in [-0.2, -0.15) is 0 Å². The predicted molar refractivity (Wildman–Crippen MR) is 96.5 cm³/mol. The largest absolute Gasteiger partial charge is 0.464 e. The summed E-state index contributed by atoms with van der Waals surface area (Å²) < 4.78 is 33.1. The highest BCUT2D eigenvalue weighted by molar-refractivity contribution is 7.89. The third kappa shape index (κ3) is 4.09. The van der Waals surface area contributed by atoms with E-state index in [0.29, 0.717) is 10.8 Å². The van der Waals surface area contributed by atoms with E-state index in [1.807, 2.05) is 0 Å². The molecule has 1 aliphatic heterocycles. The summed E-state index contributed by atoms with van der Waals surface area (Å²) in [5, 5.41) is 4.11. The standard InChI is InChI=1S/C16H19N3O4S.ClH/c1-23-16(20)15-13-3-2-4-14(12(13)7-10-18-15)24(21,22)19-11-5-8-17-9-6-11;/h2-4,7,10-11,17,19H,5-6,8-9H2,1H3;1H. The van der Waals surface area contributed by atoms with Gasteiger partial charge in [-0.15, -0.1) is 12.4 Å². The number of ether oxygens (including phenoxy) is 1. The number of carbonyl (C=O) groups is 1. The monoisotopic (exact) mass is 385 g/mol. The lowest BCUT2D eigenvalue weighted by molar-refractivity contribution is 0.0596. The first-order chi connectivity index (χ1) is 11.5. The number of esters is 1. The minimum absolute atomic E-state index is 0. The van der Waals surface area contributed by atoms with Crippen molar-refractivity contribution >= 4 is 39.2 Å². The molecule has 1 aromatic carbocycles. The van der Waals surface area contributed by atoms with Crippen molar-refractivity contribution in [1.29, 1.82) is 0 Å². The Morgan fingerprint density at radius 3 is 2.64 bits per heavy atom. The zero-order valence-corrected chi connectivity index (χ0v) is 15.3. The first-order valence-corrected chi connectivity index (χ1v) is 9.20. The van der Waals surface area contributed by atoms with Gasteiger partial charge >= 0.3 is 5.97 Å². The van der Waals surface area contributed by atoms with Crippen LogP contribution < -0.4 is 10.0 Å². The number of fused-ring (bicyclic) bond motifs is 1. The normalized spacial score (nSPS) is 15.6. The maximum atomic E-state index is 12.8. The van der Waals surface area contributed by atoms with Gasteiger partial charge in [-0.05, 0) is 38.1 Å². The van der Waals surface area contributed by atoms with E-state index in [4.69, 9.17) is 4.74 Å².